The van der Waals surface area contributed by atoms with Crippen LogP contribution in [0.5, 0.6) is 0 Å². The normalized spacial score (nSPS) is 14.7. The molecule has 0 saturated carbocycles. The zero-order valence-electron chi connectivity index (χ0n) is 11.1. The van der Waals surface area contributed by atoms with Crippen molar-refractivity contribution < 1.29 is 27.8 Å². The third-order valence-electron chi connectivity index (χ3n) is 2.99. The third kappa shape index (κ3) is 5.61. The molecule has 0 radical (unpaired) electrons. The lowest BCUT2D eigenvalue weighted by Gasteiger charge is -2.21. The number of aliphatic hydroxyl groups excluding tert-OH is 1. The zero-order chi connectivity index (χ0) is 15.2. The minimum absolute atomic E-state index is 0.145. The van der Waals surface area contributed by atoms with Gasteiger partial charge in [-0.25, -0.2) is 0 Å². The summed E-state index contributed by atoms with van der Waals surface area (Å²) in [7, 11) is 1.15. The van der Waals surface area contributed by atoms with E-state index in [0.29, 0.717) is 0 Å². The summed E-state index contributed by atoms with van der Waals surface area (Å²) < 4.78 is 41.0. The fourth-order valence-corrected chi connectivity index (χ4v) is 1.91. The molecular formula is C14H17F3O3. The van der Waals surface area contributed by atoms with Gasteiger partial charge in [-0.15, -0.1) is 0 Å². The van der Waals surface area contributed by atoms with E-state index in [9.17, 15) is 23.1 Å². The molecule has 20 heavy (non-hydrogen) atoms. The van der Waals surface area contributed by atoms with E-state index < -0.39 is 37.0 Å². The Morgan fingerprint density at radius 3 is 2.40 bits per heavy atom. The summed E-state index contributed by atoms with van der Waals surface area (Å²) in [5.41, 5.74) is 0.758. The molecule has 1 aromatic rings. The molecule has 1 N–H and O–H groups in total. The number of carbonyl (C=O) groups is 1. The Morgan fingerprint density at radius 1 is 1.30 bits per heavy atom. The molecule has 112 valence electrons. The van der Waals surface area contributed by atoms with E-state index >= 15 is 0 Å². The summed E-state index contributed by atoms with van der Waals surface area (Å²) in [5, 5.41) is 9.83. The van der Waals surface area contributed by atoms with E-state index in [2.05, 4.69) is 4.74 Å². The minimum atomic E-state index is -4.35. The van der Waals surface area contributed by atoms with Crippen LogP contribution in [0.3, 0.4) is 0 Å². The van der Waals surface area contributed by atoms with Gasteiger partial charge in [0.05, 0.1) is 19.1 Å². The van der Waals surface area contributed by atoms with Gasteiger partial charge in [0.15, 0.2) is 0 Å². The number of benzene rings is 1. The lowest BCUT2D eigenvalue weighted by Crippen LogP contribution is -2.32. The molecule has 0 aromatic heterocycles. The Morgan fingerprint density at radius 2 is 1.90 bits per heavy atom. The van der Waals surface area contributed by atoms with E-state index in [1.165, 1.54) is 0 Å². The van der Waals surface area contributed by atoms with Crippen LogP contribution in [-0.2, 0) is 16.0 Å². The molecule has 6 heteroatoms. The first kappa shape index (κ1) is 16.5. The molecule has 1 rings (SSSR count). The van der Waals surface area contributed by atoms with Gasteiger partial charge in [0.1, 0.15) is 0 Å². The number of alkyl halides is 3. The van der Waals surface area contributed by atoms with E-state index in [4.69, 9.17) is 0 Å². The minimum Gasteiger partial charge on any atom is -0.469 e. The third-order valence-corrected chi connectivity index (χ3v) is 2.99. The first-order valence-electron chi connectivity index (χ1n) is 6.20. The fourth-order valence-electron chi connectivity index (χ4n) is 1.91. The van der Waals surface area contributed by atoms with Crippen molar-refractivity contribution in [1.82, 2.24) is 0 Å². The highest BCUT2D eigenvalue weighted by atomic mass is 19.4. The van der Waals surface area contributed by atoms with Gasteiger partial charge >= 0.3 is 12.1 Å². The number of hydrogen-bond donors (Lipinski definition) is 1. The van der Waals surface area contributed by atoms with E-state index in [0.717, 1.165) is 12.7 Å². The molecule has 0 spiro atoms. The molecule has 0 bridgehead atoms. The van der Waals surface area contributed by atoms with Gasteiger partial charge < -0.3 is 9.84 Å². The standard InChI is InChI=1S/C14H17F3O3/c1-20-13(19)11(9-10-5-3-2-4-6-10)12(18)7-8-14(15,16)17/h2-6,11-12,18H,7-9H2,1H3/t11-,12-/m1/s1. The monoisotopic (exact) mass is 290 g/mol. The zero-order valence-corrected chi connectivity index (χ0v) is 11.1. The molecule has 0 unspecified atom stereocenters. The van der Waals surface area contributed by atoms with Crippen LogP contribution in [0.2, 0.25) is 0 Å². The van der Waals surface area contributed by atoms with Gasteiger partial charge in [-0.1, -0.05) is 30.3 Å². The quantitative estimate of drug-likeness (QED) is 0.819. The van der Waals surface area contributed by atoms with Crippen molar-refractivity contribution in [3.05, 3.63) is 35.9 Å². The summed E-state index contributed by atoms with van der Waals surface area (Å²) in [6.45, 7) is 0. The van der Waals surface area contributed by atoms with Crippen molar-refractivity contribution >= 4 is 5.97 Å². The SMILES string of the molecule is COC(=O)[C@H](Cc1ccccc1)[C@H](O)CCC(F)(F)F. The number of aliphatic hydroxyl groups is 1. The molecule has 0 saturated heterocycles. The van der Waals surface area contributed by atoms with Crippen LogP contribution in [0.25, 0.3) is 0 Å². The summed E-state index contributed by atoms with van der Waals surface area (Å²) in [6, 6.07) is 8.78. The molecule has 0 aliphatic rings. The Balaban J connectivity index is 2.71. The maximum Gasteiger partial charge on any atom is 0.389 e. The van der Waals surface area contributed by atoms with Crippen LogP contribution in [0.1, 0.15) is 18.4 Å². The van der Waals surface area contributed by atoms with Crippen LogP contribution in [0.4, 0.5) is 13.2 Å². The number of rotatable bonds is 6. The Bertz CT molecular complexity index is 417. The Kier molecular flexibility index (Phi) is 6.01. The topological polar surface area (TPSA) is 46.5 Å². The van der Waals surface area contributed by atoms with Gasteiger partial charge in [-0.05, 0) is 18.4 Å². The lowest BCUT2D eigenvalue weighted by molar-refractivity contribution is -0.155. The molecule has 2 atom stereocenters. The number of halogens is 3. The second-order valence-electron chi connectivity index (χ2n) is 4.54. The number of methoxy groups -OCH3 is 1. The molecule has 0 fully saturated rings. The molecule has 0 amide bonds. The molecule has 0 aliphatic carbocycles. The van der Waals surface area contributed by atoms with Gasteiger partial charge in [-0.2, -0.15) is 13.2 Å². The van der Waals surface area contributed by atoms with Crippen molar-refractivity contribution in [3.8, 4) is 0 Å². The second-order valence-corrected chi connectivity index (χ2v) is 4.54. The predicted octanol–water partition coefficient (Wildman–Crippen LogP) is 2.72. The Hall–Kier alpha value is -1.56. The van der Waals surface area contributed by atoms with Gasteiger partial charge in [0.2, 0.25) is 0 Å². The summed E-state index contributed by atoms with van der Waals surface area (Å²) >= 11 is 0. The average Bonchev–Trinajstić information content (AvgIpc) is 2.41. The van der Waals surface area contributed by atoms with Crippen LogP contribution >= 0.6 is 0 Å². The first-order chi connectivity index (χ1) is 9.33. The highest BCUT2D eigenvalue weighted by molar-refractivity contribution is 5.73. The van der Waals surface area contributed by atoms with Crippen molar-refractivity contribution in [1.29, 1.82) is 0 Å². The summed E-state index contributed by atoms with van der Waals surface area (Å²) in [6.07, 6.45) is -7.24. The van der Waals surface area contributed by atoms with Crippen LogP contribution in [0.15, 0.2) is 30.3 Å². The van der Waals surface area contributed by atoms with Crippen molar-refractivity contribution in [2.24, 2.45) is 5.92 Å². The van der Waals surface area contributed by atoms with Crippen molar-refractivity contribution in [2.45, 2.75) is 31.5 Å². The maximum absolute atomic E-state index is 12.2. The predicted molar refractivity (Wildman–Crippen MR) is 66.9 cm³/mol. The smallest absolute Gasteiger partial charge is 0.389 e. The van der Waals surface area contributed by atoms with Gasteiger partial charge in [0.25, 0.3) is 0 Å². The molecule has 0 heterocycles. The van der Waals surface area contributed by atoms with Crippen molar-refractivity contribution in [3.63, 3.8) is 0 Å². The number of carbonyl (C=O) groups excluding carboxylic acids is 1. The molecule has 0 aliphatic heterocycles. The molecule has 1 aromatic carbocycles. The van der Waals surface area contributed by atoms with E-state index in [-0.39, 0.29) is 6.42 Å². The number of esters is 1. The lowest BCUT2D eigenvalue weighted by atomic mass is 9.91. The van der Waals surface area contributed by atoms with Crippen molar-refractivity contribution in [2.75, 3.05) is 7.11 Å². The van der Waals surface area contributed by atoms with Crippen LogP contribution in [-0.4, -0.2) is 30.5 Å². The average molecular weight is 290 g/mol. The van der Waals surface area contributed by atoms with Crippen LogP contribution in [0, 0.1) is 5.92 Å². The maximum atomic E-state index is 12.2. The largest absolute Gasteiger partial charge is 0.469 e. The van der Waals surface area contributed by atoms with Crippen LogP contribution < -0.4 is 0 Å². The first-order valence-corrected chi connectivity index (χ1v) is 6.20. The second kappa shape index (κ2) is 7.28. The summed E-state index contributed by atoms with van der Waals surface area (Å²) in [5.74, 6) is -1.70. The number of ether oxygens (including phenoxy) is 1. The van der Waals surface area contributed by atoms with Gasteiger partial charge in [0, 0.05) is 6.42 Å². The van der Waals surface area contributed by atoms with E-state index in [1.54, 1.807) is 30.3 Å². The summed E-state index contributed by atoms with van der Waals surface area (Å²) in [4.78, 5) is 11.6. The van der Waals surface area contributed by atoms with Gasteiger partial charge in [-0.3, -0.25) is 4.79 Å². The highest BCUT2D eigenvalue weighted by Crippen LogP contribution is 2.25. The number of hydrogen-bond acceptors (Lipinski definition) is 3. The van der Waals surface area contributed by atoms with E-state index in [1.807, 2.05) is 0 Å². The fraction of sp³-hybridized carbons (Fsp3) is 0.500. The molecule has 3 nitrogen and oxygen atoms in total. The highest BCUT2D eigenvalue weighted by Gasteiger charge is 2.33. The Labute approximate surface area is 115 Å². The molecular weight excluding hydrogens is 273 g/mol.